The van der Waals surface area contributed by atoms with Crippen LogP contribution in [0, 0.1) is 18.2 Å². The molecule has 0 saturated heterocycles. The van der Waals surface area contributed by atoms with Crippen LogP contribution in [0.4, 0.5) is 4.39 Å². The first kappa shape index (κ1) is 14.0. The van der Waals surface area contributed by atoms with Gasteiger partial charge in [-0.1, -0.05) is 12.1 Å². The standard InChI is InChI=1S/C17H15FO2/c1-2-3-6-13-19-14-9-11-15(12-10-14)20-17-8-5-4-7-16(17)18/h1,4-5,7-12H,3,6,13H2. The molecule has 0 atom stereocenters. The van der Waals surface area contributed by atoms with Gasteiger partial charge in [0, 0.05) is 6.42 Å². The van der Waals surface area contributed by atoms with E-state index in [-0.39, 0.29) is 11.6 Å². The molecule has 0 aliphatic heterocycles. The van der Waals surface area contributed by atoms with E-state index in [0.29, 0.717) is 18.8 Å². The van der Waals surface area contributed by atoms with Gasteiger partial charge in [-0.2, -0.15) is 0 Å². The van der Waals surface area contributed by atoms with Crippen LogP contribution in [0.1, 0.15) is 12.8 Å². The normalized spacial score (nSPS) is 9.80. The second-order valence-corrected chi connectivity index (χ2v) is 4.16. The van der Waals surface area contributed by atoms with Gasteiger partial charge in [0.15, 0.2) is 11.6 Å². The van der Waals surface area contributed by atoms with Crippen molar-refractivity contribution in [3.8, 4) is 29.6 Å². The molecule has 0 spiro atoms. The zero-order valence-electron chi connectivity index (χ0n) is 11.0. The molecule has 20 heavy (non-hydrogen) atoms. The summed E-state index contributed by atoms with van der Waals surface area (Å²) in [6, 6.07) is 13.3. The van der Waals surface area contributed by atoms with E-state index in [4.69, 9.17) is 15.9 Å². The number of ether oxygens (including phenoxy) is 2. The number of rotatable bonds is 6. The highest BCUT2D eigenvalue weighted by atomic mass is 19.1. The third kappa shape index (κ3) is 4.03. The van der Waals surface area contributed by atoms with E-state index >= 15 is 0 Å². The summed E-state index contributed by atoms with van der Waals surface area (Å²) in [5.41, 5.74) is 0. The summed E-state index contributed by atoms with van der Waals surface area (Å²) in [5, 5.41) is 0. The SMILES string of the molecule is C#CCCCOc1ccc(Oc2ccccc2F)cc1. The molecule has 0 bridgehead atoms. The zero-order chi connectivity index (χ0) is 14.2. The largest absolute Gasteiger partial charge is 0.494 e. The maximum Gasteiger partial charge on any atom is 0.165 e. The molecule has 0 aromatic heterocycles. The maximum atomic E-state index is 13.4. The van der Waals surface area contributed by atoms with Crippen molar-refractivity contribution in [2.75, 3.05) is 6.61 Å². The van der Waals surface area contributed by atoms with Crippen LogP contribution < -0.4 is 9.47 Å². The third-order valence-electron chi connectivity index (χ3n) is 2.62. The van der Waals surface area contributed by atoms with Crippen molar-refractivity contribution >= 4 is 0 Å². The van der Waals surface area contributed by atoms with Gasteiger partial charge in [-0.25, -0.2) is 4.39 Å². The number of terminal acetylenes is 1. The van der Waals surface area contributed by atoms with E-state index in [2.05, 4.69) is 5.92 Å². The topological polar surface area (TPSA) is 18.5 Å². The van der Waals surface area contributed by atoms with E-state index in [1.54, 1.807) is 42.5 Å². The van der Waals surface area contributed by atoms with Crippen LogP contribution in [0.15, 0.2) is 48.5 Å². The summed E-state index contributed by atoms with van der Waals surface area (Å²) in [4.78, 5) is 0. The number of benzene rings is 2. The first-order valence-electron chi connectivity index (χ1n) is 6.38. The van der Waals surface area contributed by atoms with E-state index in [1.165, 1.54) is 6.07 Å². The molecule has 0 radical (unpaired) electrons. The van der Waals surface area contributed by atoms with Gasteiger partial charge in [0.1, 0.15) is 11.5 Å². The number of para-hydroxylation sites is 1. The molecule has 0 amide bonds. The summed E-state index contributed by atoms with van der Waals surface area (Å²) < 4.78 is 24.4. The Morgan fingerprint density at radius 1 is 1.00 bits per heavy atom. The molecule has 2 aromatic rings. The van der Waals surface area contributed by atoms with Crippen molar-refractivity contribution in [1.29, 1.82) is 0 Å². The molecule has 2 nitrogen and oxygen atoms in total. The lowest BCUT2D eigenvalue weighted by Gasteiger charge is -2.08. The number of unbranched alkanes of at least 4 members (excludes halogenated alkanes) is 1. The molecule has 0 heterocycles. The monoisotopic (exact) mass is 270 g/mol. The molecule has 0 aliphatic carbocycles. The van der Waals surface area contributed by atoms with Crippen LogP contribution in [-0.2, 0) is 0 Å². The minimum atomic E-state index is -0.387. The van der Waals surface area contributed by atoms with Gasteiger partial charge >= 0.3 is 0 Å². The fourth-order valence-electron chi connectivity index (χ4n) is 1.62. The van der Waals surface area contributed by atoms with Crippen molar-refractivity contribution in [3.63, 3.8) is 0 Å². The van der Waals surface area contributed by atoms with Crippen LogP contribution in [0.3, 0.4) is 0 Å². The summed E-state index contributed by atoms with van der Waals surface area (Å²) in [6.45, 7) is 0.581. The van der Waals surface area contributed by atoms with E-state index in [0.717, 1.165) is 12.2 Å². The van der Waals surface area contributed by atoms with Crippen LogP contribution >= 0.6 is 0 Å². The van der Waals surface area contributed by atoms with Crippen molar-refractivity contribution in [1.82, 2.24) is 0 Å². The molecule has 102 valence electrons. The van der Waals surface area contributed by atoms with Crippen LogP contribution in [0.2, 0.25) is 0 Å². The Morgan fingerprint density at radius 3 is 2.40 bits per heavy atom. The molecule has 0 saturated carbocycles. The Labute approximate surface area is 118 Å². The molecule has 2 aromatic carbocycles. The molecule has 0 aliphatic rings. The number of hydrogen-bond donors (Lipinski definition) is 0. The highest BCUT2D eigenvalue weighted by Crippen LogP contribution is 2.25. The molecular weight excluding hydrogens is 255 g/mol. The molecule has 0 unspecified atom stereocenters. The Bertz CT molecular complexity index is 585. The van der Waals surface area contributed by atoms with E-state index in [9.17, 15) is 4.39 Å². The zero-order valence-corrected chi connectivity index (χ0v) is 11.0. The van der Waals surface area contributed by atoms with Crippen molar-refractivity contribution in [3.05, 3.63) is 54.3 Å². The Hall–Kier alpha value is -2.47. The van der Waals surface area contributed by atoms with Gasteiger partial charge in [0.05, 0.1) is 6.61 Å². The second-order valence-electron chi connectivity index (χ2n) is 4.16. The number of hydrogen-bond acceptors (Lipinski definition) is 2. The first-order chi connectivity index (χ1) is 9.79. The van der Waals surface area contributed by atoms with Crippen molar-refractivity contribution < 1.29 is 13.9 Å². The minimum Gasteiger partial charge on any atom is -0.494 e. The summed E-state index contributed by atoms with van der Waals surface area (Å²) in [6.07, 6.45) is 6.69. The second kappa shape index (κ2) is 7.20. The lowest BCUT2D eigenvalue weighted by atomic mass is 10.3. The number of halogens is 1. The van der Waals surface area contributed by atoms with Crippen LogP contribution in [-0.4, -0.2) is 6.61 Å². The Morgan fingerprint density at radius 2 is 1.70 bits per heavy atom. The quantitative estimate of drug-likeness (QED) is 0.571. The maximum absolute atomic E-state index is 13.4. The van der Waals surface area contributed by atoms with E-state index in [1.807, 2.05) is 0 Å². The van der Waals surface area contributed by atoms with E-state index < -0.39 is 0 Å². The predicted octanol–water partition coefficient (Wildman–Crippen LogP) is 4.41. The summed E-state index contributed by atoms with van der Waals surface area (Å²) in [7, 11) is 0. The highest BCUT2D eigenvalue weighted by Gasteiger charge is 2.03. The van der Waals surface area contributed by atoms with Gasteiger partial charge in [0.25, 0.3) is 0 Å². The molecule has 3 heteroatoms. The summed E-state index contributed by atoms with van der Waals surface area (Å²) in [5.74, 6) is 3.68. The average Bonchev–Trinajstić information content (AvgIpc) is 2.48. The lowest BCUT2D eigenvalue weighted by Crippen LogP contribution is -1.96. The predicted molar refractivity (Wildman–Crippen MR) is 76.5 cm³/mol. The fraction of sp³-hybridized carbons (Fsp3) is 0.176. The molecule has 0 fully saturated rings. The Balaban J connectivity index is 1.92. The van der Waals surface area contributed by atoms with Crippen molar-refractivity contribution in [2.45, 2.75) is 12.8 Å². The van der Waals surface area contributed by atoms with Crippen molar-refractivity contribution in [2.24, 2.45) is 0 Å². The lowest BCUT2D eigenvalue weighted by molar-refractivity contribution is 0.312. The van der Waals surface area contributed by atoms with Gasteiger partial charge in [-0.05, 0) is 42.8 Å². The fourth-order valence-corrected chi connectivity index (χ4v) is 1.62. The third-order valence-corrected chi connectivity index (χ3v) is 2.62. The van der Waals surface area contributed by atoms with Crippen LogP contribution in [0.25, 0.3) is 0 Å². The van der Waals surface area contributed by atoms with Gasteiger partial charge < -0.3 is 9.47 Å². The first-order valence-corrected chi connectivity index (χ1v) is 6.38. The summed E-state index contributed by atoms with van der Waals surface area (Å²) >= 11 is 0. The van der Waals surface area contributed by atoms with Gasteiger partial charge in [0.2, 0.25) is 0 Å². The van der Waals surface area contributed by atoms with Gasteiger partial charge in [-0.15, -0.1) is 12.3 Å². The smallest absolute Gasteiger partial charge is 0.165 e. The molecular formula is C17H15FO2. The molecule has 2 rings (SSSR count). The average molecular weight is 270 g/mol. The minimum absolute atomic E-state index is 0.204. The van der Waals surface area contributed by atoms with Gasteiger partial charge in [-0.3, -0.25) is 0 Å². The van der Waals surface area contributed by atoms with Crippen LogP contribution in [0.5, 0.6) is 17.2 Å². The highest BCUT2D eigenvalue weighted by molar-refractivity contribution is 5.35. The Kier molecular flexibility index (Phi) is 5.02. The molecule has 0 N–H and O–H groups in total.